The van der Waals surface area contributed by atoms with Crippen LogP contribution in [0.3, 0.4) is 0 Å². The average Bonchev–Trinajstić information content (AvgIpc) is 2.91. The van der Waals surface area contributed by atoms with Gasteiger partial charge in [-0.1, -0.05) is 17.7 Å². The number of carbonyl (C=O) groups is 1. The number of rotatable bonds is 6. The van der Waals surface area contributed by atoms with Crippen LogP contribution in [0.2, 0.25) is 5.02 Å². The molecule has 3 rings (SSSR count). The molecule has 0 aromatic heterocycles. The summed E-state index contributed by atoms with van der Waals surface area (Å²) in [6, 6.07) is 11.4. The highest BCUT2D eigenvalue weighted by Gasteiger charge is 2.21. The van der Waals surface area contributed by atoms with E-state index in [2.05, 4.69) is 10.0 Å². The van der Waals surface area contributed by atoms with Crippen LogP contribution in [0.25, 0.3) is 0 Å². The van der Waals surface area contributed by atoms with Gasteiger partial charge in [-0.05, 0) is 42.0 Å². The molecule has 0 saturated carbocycles. The fourth-order valence-corrected chi connectivity index (χ4v) is 3.60. The summed E-state index contributed by atoms with van der Waals surface area (Å²) in [5.74, 6) is 0.436. The Morgan fingerprint density at radius 3 is 2.83 bits per heavy atom. The molecule has 1 amide bonds. The van der Waals surface area contributed by atoms with Crippen LogP contribution in [0.5, 0.6) is 5.75 Å². The Hall–Kier alpha value is -2.09. The largest absolute Gasteiger partial charge is 0.492 e. The number of amides is 1. The average molecular weight is 367 g/mol. The zero-order valence-corrected chi connectivity index (χ0v) is 14.2. The number of carbonyl (C=O) groups excluding carboxylic acids is 1. The van der Waals surface area contributed by atoms with Gasteiger partial charge in [0, 0.05) is 17.3 Å². The van der Waals surface area contributed by atoms with E-state index in [9.17, 15) is 13.2 Å². The van der Waals surface area contributed by atoms with Crippen LogP contribution < -0.4 is 14.8 Å². The maximum absolute atomic E-state index is 12.3. The molecule has 2 aromatic rings. The van der Waals surface area contributed by atoms with Crippen molar-refractivity contribution in [1.82, 2.24) is 4.72 Å². The summed E-state index contributed by atoms with van der Waals surface area (Å²) in [6.07, 6.45) is 0.191. The van der Waals surface area contributed by atoms with Crippen molar-refractivity contribution in [2.45, 2.75) is 11.3 Å². The van der Waals surface area contributed by atoms with Crippen LogP contribution in [-0.2, 0) is 21.2 Å². The Labute approximate surface area is 144 Å². The van der Waals surface area contributed by atoms with E-state index >= 15 is 0 Å². The third-order valence-corrected chi connectivity index (χ3v) is 5.16. The van der Waals surface area contributed by atoms with Gasteiger partial charge in [-0.3, -0.25) is 4.79 Å². The molecule has 2 N–H and O–H groups in total. The molecule has 0 radical (unpaired) electrons. The lowest BCUT2D eigenvalue weighted by atomic mass is 10.2. The first-order valence-electron chi connectivity index (χ1n) is 7.25. The van der Waals surface area contributed by atoms with E-state index in [1.54, 1.807) is 30.3 Å². The summed E-state index contributed by atoms with van der Waals surface area (Å²) in [4.78, 5) is 11.5. The molecule has 1 heterocycles. The molecule has 24 heavy (non-hydrogen) atoms. The number of nitrogens with one attached hydrogen (secondary N) is 2. The molecule has 126 valence electrons. The number of ether oxygens (including phenoxy) is 1. The number of halogens is 1. The van der Waals surface area contributed by atoms with Crippen molar-refractivity contribution >= 4 is 33.2 Å². The normalized spacial score (nSPS) is 13.5. The van der Waals surface area contributed by atoms with Crippen molar-refractivity contribution in [3.8, 4) is 5.75 Å². The standard InChI is InChI=1S/C16H15ClN2O4S/c17-12-2-1-3-13(10-12)23-7-6-18-24(21,22)14-4-5-15-11(8-14)9-16(20)19-15/h1-5,8,10,18H,6-7,9H2,(H,19,20). The molecule has 6 nitrogen and oxygen atoms in total. The van der Waals surface area contributed by atoms with Crippen LogP contribution in [0.15, 0.2) is 47.4 Å². The topological polar surface area (TPSA) is 84.5 Å². The summed E-state index contributed by atoms with van der Waals surface area (Å²) in [6.45, 7) is 0.285. The fourth-order valence-electron chi connectivity index (χ4n) is 2.36. The number of hydrogen-bond acceptors (Lipinski definition) is 4. The van der Waals surface area contributed by atoms with Crippen LogP contribution in [-0.4, -0.2) is 27.5 Å². The predicted octanol–water partition coefficient (Wildman–Crippen LogP) is 2.19. The van der Waals surface area contributed by atoms with Gasteiger partial charge in [0.1, 0.15) is 12.4 Å². The van der Waals surface area contributed by atoms with Crippen LogP contribution in [0, 0.1) is 0 Å². The van der Waals surface area contributed by atoms with Gasteiger partial charge >= 0.3 is 0 Å². The van der Waals surface area contributed by atoms with Gasteiger partial charge in [0.25, 0.3) is 0 Å². The first-order chi connectivity index (χ1) is 11.4. The van der Waals surface area contributed by atoms with Gasteiger partial charge in [0.05, 0.1) is 11.3 Å². The van der Waals surface area contributed by atoms with E-state index in [-0.39, 0.29) is 30.4 Å². The molecule has 0 aliphatic carbocycles. The molecule has 2 aromatic carbocycles. The van der Waals surface area contributed by atoms with Gasteiger partial charge in [-0.15, -0.1) is 0 Å². The lowest BCUT2D eigenvalue weighted by Crippen LogP contribution is -2.28. The van der Waals surface area contributed by atoms with E-state index in [1.807, 2.05) is 0 Å². The molecular weight excluding hydrogens is 352 g/mol. The van der Waals surface area contributed by atoms with Crippen molar-refractivity contribution in [2.75, 3.05) is 18.5 Å². The fraction of sp³-hybridized carbons (Fsp3) is 0.188. The second-order valence-corrected chi connectivity index (χ2v) is 7.45. The summed E-state index contributed by atoms with van der Waals surface area (Å²) in [5, 5.41) is 3.22. The maximum atomic E-state index is 12.3. The molecule has 0 fully saturated rings. The lowest BCUT2D eigenvalue weighted by Gasteiger charge is -2.09. The molecule has 0 spiro atoms. The van der Waals surface area contributed by atoms with Crippen LogP contribution >= 0.6 is 11.6 Å². The molecule has 1 aliphatic heterocycles. The van der Waals surface area contributed by atoms with E-state index in [0.29, 0.717) is 22.0 Å². The molecule has 0 bridgehead atoms. The van der Waals surface area contributed by atoms with Crippen molar-refractivity contribution in [2.24, 2.45) is 0 Å². The predicted molar refractivity (Wildman–Crippen MR) is 90.9 cm³/mol. The smallest absolute Gasteiger partial charge is 0.240 e. The quantitative estimate of drug-likeness (QED) is 0.767. The Balaban J connectivity index is 1.58. The van der Waals surface area contributed by atoms with Crippen molar-refractivity contribution in [3.63, 3.8) is 0 Å². The summed E-state index contributed by atoms with van der Waals surface area (Å²) in [5.41, 5.74) is 1.33. The van der Waals surface area contributed by atoms with Gasteiger partial charge in [-0.25, -0.2) is 13.1 Å². The number of benzene rings is 2. The third-order valence-electron chi connectivity index (χ3n) is 3.47. The molecular formula is C16H15ClN2O4S. The third kappa shape index (κ3) is 3.87. The molecule has 0 unspecified atom stereocenters. The van der Waals surface area contributed by atoms with Crippen molar-refractivity contribution < 1.29 is 17.9 Å². The lowest BCUT2D eigenvalue weighted by molar-refractivity contribution is -0.115. The Morgan fingerprint density at radius 1 is 1.21 bits per heavy atom. The highest BCUT2D eigenvalue weighted by Crippen LogP contribution is 2.25. The monoisotopic (exact) mass is 366 g/mol. The number of fused-ring (bicyclic) bond motifs is 1. The molecule has 0 atom stereocenters. The first kappa shape index (κ1) is 16.8. The summed E-state index contributed by atoms with van der Waals surface area (Å²) < 4.78 is 32.5. The maximum Gasteiger partial charge on any atom is 0.240 e. The highest BCUT2D eigenvalue weighted by molar-refractivity contribution is 7.89. The number of anilines is 1. The van der Waals surface area contributed by atoms with E-state index < -0.39 is 10.0 Å². The summed E-state index contributed by atoms with van der Waals surface area (Å²) in [7, 11) is -3.66. The second-order valence-electron chi connectivity index (χ2n) is 5.25. The minimum absolute atomic E-state index is 0.114. The summed E-state index contributed by atoms with van der Waals surface area (Å²) >= 11 is 5.85. The van der Waals surface area contributed by atoms with E-state index in [4.69, 9.17) is 16.3 Å². The van der Waals surface area contributed by atoms with E-state index in [0.717, 1.165) is 0 Å². The number of hydrogen-bond donors (Lipinski definition) is 2. The van der Waals surface area contributed by atoms with Crippen LogP contribution in [0.1, 0.15) is 5.56 Å². The minimum Gasteiger partial charge on any atom is -0.492 e. The number of sulfonamides is 1. The first-order valence-corrected chi connectivity index (χ1v) is 9.11. The zero-order valence-electron chi connectivity index (χ0n) is 12.6. The minimum atomic E-state index is -3.66. The van der Waals surface area contributed by atoms with Gasteiger partial charge in [0.15, 0.2) is 0 Å². The highest BCUT2D eigenvalue weighted by atomic mass is 35.5. The van der Waals surface area contributed by atoms with Crippen molar-refractivity contribution in [1.29, 1.82) is 0 Å². The van der Waals surface area contributed by atoms with Gasteiger partial charge in [0.2, 0.25) is 15.9 Å². The zero-order chi connectivity index (χ0) is 17.2. The molecule has 0 saturated heterocycles. The van der Waals surface area contributed by atoms with E-state index in [1.165, 1.54) is 12.1 Å². The Bertz CT molecular complexity index is 883. The molecule has 1 aliphatic rings. The van der Waals surface area contributed by atoms with Crippen molar-refractivity contribution in [3.05, 3.63) is 53.1 Å². The van der Waals surface area contributed by atoms with Crippen LogP contribution in [0.4, 0.5) is 5.69 Å². The molecule has 8 heteroatoms. The van der Waals surface area contributed by atoms with Gasteiger partial charge < -0.3 is 10.1 Å². The Kier molecular flexibility index (Phi) is 4.75. The van der Waals surface area contributed by atoms with Gasteiger partial charge in [-0.2, -0.15) is 0 Å². The SMILES string of the molecule is O=C1Cc2cc(S(=O)(=O)NCCOc3cccc(Cl)c3)ccc2N1. The second kappa shape index (κ2) is 6.80. The Morgan fingerprint density at radius 2 is 2.04 bits per heavy atom.